The number of carbonyl (C=O) groups excluding carboxylic acids is 1. The van der Waals surface area contributed by atoms with Crippen LogP contribution < -0.4 is 10.6 Å². The fourth-order valence-corrected chi connectivity index (χ4v) is 3.10. The summed E-state index contributed by atoms with van der Waals surface area (Å²) in [6, 6.07) is 12.6. The van der Waals surface area contributed by atoms with Crippen LogP contribution in [-0.2, 0) is 4.79 Å². The van der Waals surface area contributed by atoms with E-state index >= 15 is 0 Å². The predicted octanol–water partition coefficient (Wildman–Crippen LogP) is 4.99. The zero-order valence-corrected chi connectivity index (χ0v) is 13.0. The number of hydrogen-bond acceptors (Lipinski definition) is 3. The third-order valence-corrected chi connectivity index (χ3v) is 4.42. The molecule has 2 aromatic carbocycles. The second-order valence-electron chi connectivity index (χ2n) is 4.36. The fraction of sp³-hybridized carbons (Fsp3) is 0. The highest BCUT2D eigenvalue weighted by atomic mass is 35.5. The lowest BCUT2D eigenvalue weighted by atomic mass is 10.3. The number of halogens is 2. The van der Waals surface area contributed by atoms with E-state index in [1.54, 1.807) is 30.5 Å². The van der Waals surface area contributed by atoms with E-state index in [0.717, 1.165) is 16.3 Å². The zero-order valence-electron chi connectivity index (χ0n) is 10.7. The highest BCUT2D eigenvalue weighted by molar-refractivity contribution is 8.04. The summed E-state index contributed by atoms with van der Waals surface area (Å²) in [7, 11) is 0. The van der Waals surface area contributed by atoms with Crippen molar-refractivity contribution >= 4 is 52.2 Å². The average molecular weight is 337 g/mol. The van der Waals surface area contributed by atoms with E-state index in [0.29, 0.717) is 15.0 Å². The first kappa shape index (κ1) is 14.3. The average Bonchev–Trinajstić information content (AvgIpc) is 2.47. The first-order valence-corrected chi connectivity index (χ1v) is 7.70. The third-order valence-electron chi connectivity index (χ3n) is 2.85. The Bertz CT molecular complexity index is 729. The Labute approximate surface area is 136 Å². The molecule has 0 saturated carbocycles. The molecule has 0 saturated heterocycles. The Morgan fingerprint density at radius 2 is 1.76 bits per heavy atom. The fourth-order valence-electron chi connectivity index (χ4n) is 1.82. The maximum Gasteiger partial charge on any atom is 0.263 e. The third kappa shape index (κ3) is 3.35. The summed E-state index contributed by atoms with van der Waals surface area (Å²) in [4.78, 5) is 13.5. The molecule has 3 rings (SSSR count). The van der Waals surface area contributed by atoms with Gasteiger partial charge in [0, 0.05) is 26.8 Å². The van der Waals surface area contributed by atoms with Crippen molar-refractivity contribution in [3.8, 4) is 0 Å². The Balaban J connectivity index is 1.81. The molecule has 0 aromatic heterocycles. The lowest BCUT2D eigenvalue weighted by Gasteiger charge is -2.18. The van der Waals surface area contributed by atoms with Crippen LogP contribution in [0.4, 0.5) is 11.4 Å². The molecule has 0 aliphatic carbocycles. The Morgan fingerprint density at radius 1 is 1.05 bits per heavy atom. The van der Waals surface area contributed by atoms with Crippen molar-refractivity contribution in [2.24, 2.45) is 0 Å². The highest BCUT2D eigenvalue weighted by Crippen LogP contribution is 2.39. The van der Waals surface area contributed by atoms with Gasteiger partial charge in [0.25, 0.3) is 5.91 Å². The molecule has 0 fully saturated rings. The molecule has 3 nitrogen and oxygen atoms in total. The maximum absolute atomic E-state index is 12.0. The summed E-state index contributed by atoms with van der Waals surface area (Å²) in [5, 5.41) is 7.23. The predicted molar refractivity (Wildman–Crippen MR) is 89.1 cm³/mol. The standard InChI is InChI=1S/C15H10Cl2N2OS/c16-9-1-4-11(5-2-9)18-8-14-15(20)19-12-6-3-10(17)7-13(12)21-14/h1-8,18H,(H,19,20)/b14-8-. The van der Waals surface area contributed by atoms with Crippen LogP contribution in [0.5, 0.6) is 0 Å². The lowest BCUT2D eigenvalue weighted by Crippen LogP contribution is -2.18. The summed E-state index contributed by atoms with van der Waals surface area (Å²) < 4.78 is 0. The molecule has 0 atom stereocenters. The molecule has 0 spiro atoms. The molecule has 0 bridgehead atoms. The number of carbonyl (C=O) groups is 1. The van der Waals surface area contributed by atoms with E-state index in [1.165, 1.54) is 11.8 Å². The molecule has 0 radical (unpaired) electrons. The van der Waals surface area contributed by atoms with Crippen LogP contribution in [0.25, 0.3) is 0 Å². The van der Waals surface area contributed by atoms with E-state index in [4.69, 9.17) is 23.2 Å². The molecule has 2 N–H and O–H groups in total. The van der Waals surface area contributed by atoms with Crippen molar-refractivity contribution in [1.29, 1.82) is 0 Å². The summed E-state index contributed by atoms with van der Waals surface area (Å²) in [5.41, 5.74) is 1.63. The number of amides is 1. The van der Waals surface area contributed by atoms with Crippen LogP contribution in [0.2, 0.25) is 10.0 Å². The lowest BCUT2D eigenvalue weighted by molar-refractivity contribution is -0.112. The molecule has 1 aliphatic heterocycles. The van der Waals surface area contributed by atoms with Gasteiger partial charge < -0.3 is 10.6 Å². The van der Waals surface area contributed by atoms with Crippen LogP contribution in [-0.4, -0.2) is 5.91 Å². The van der Waals surface area contributed by atoms with Crippen molar-refractivity contribution in [3.05, 3.63) is 63.6 Å². The van der Waals surface area contributed by atoms with E-state index < -0.39 is 0 Å². The summed E-state index contributed by atoms with van der Waals surface area (Å²) in [6.07, 6.45) is 1.67. The SMILES string of the molecule is O=C1Nc2ccc(Cl)cc2S/C1=C\Nc1ccc(Cl)cc1. The summed E-state index contributed by atoms with van der Waals surface area (Å²) in [6.45, 7) is 0. The first-order valence-electron chi connectivity index (χ1n) is 6.13. The quantitative estimate of drug-likeness (QED) is 0.759. The summed E-state index contributed by atoms with van der Waals surface area (Å²) in [5.74, 6) is -0.142. The zero-order chi connectivity index (χ0) is 14.8. The topological polar surface area (TPSA) is 41.1 Å². The second-order valence-corrected chi connectivity index (χ2v) is 6.31. The van der Waals surface area contributed by atoms with Gasteiger partial charge in [-0.05, 0) is 42.5 Å². The van der Waals surface area contributed by atoms with Crippen molar-refractivity contribution < 1.29 is 4.79 Å². The molecular weight excluding hydrogens is 327 g/mol. The van der Waals surface area contributed by atoms with Gasteiger partial charge in [-0.15, -0.1) is 0 Å². The molecule has 106 valence electrons. The Morgan fingerprint density at radius 3 is 2.52 bits per heavy atom. The molecule has 6 heteroatoms. The normalized spacial score (nSPS) is 15.5. The van der Waals surface area contributed by atoms with Gasteiger partial charge in [-0.25, -0.2) is 0 Å². The van der Waals surface area contributed by atoms with Crippen molar-refractivity contribution in [2.45, 2.75) is 4.90 Å². The molecule has 1 heterocycles. The number of benzene rings is 2. The van der Waals surface area contributed by atoms with Crippen LogP contribution in [0.3, 0.4) is 0 Å². The number of hydrogen-bond donors (Lipinski definition) is 2. The minimum absolute atomic E-state index is 0.142. The van der Waals surface area contributed by atoms with Gasteiger partial charge in [0.15, 0.2) is 0 Å². The number of fused-ring (bicyclic) bond motifs is 1. The smallest absolute Gasteiger partial charge is 0.263 e. The second kappa shape index (κ2) is 6.02. The maximum atomic E-state index is 12.0. The van der Waals surface area contributed by atoms with Crippen LogP contribution >= 0.6 is 35.0 Å². The largest absolute Gasteiger partial charge is 0.360 e. The number of thioether (sulfide) groups is 1. The molecule has 2 aromatic rings. The van der Waals surface area contributed by atoms with Gasteiger partial charge >= 0.3 is 0 Å². The van der Waals surface area contributed by atoms with Crippen LogP contribution in [0.15, 0.2) is 58.5 Å². The monoisotopic (exact) mass is 336 g/mol. The van der Waals surface area contributed by atoms with Crippen LogP contribution in [0, 0.1) is 0 Å². The molecule has 1 amide bonds. The van der Waals surface area contributed by atoms with E-state index in [-0.39, 0.29) is 5.91 Å². The first-order chi connectivity index (χ1) is 10.1. The molecule has 0 unspecified atom stereocenters. The van der Waals surface area contributed by atoms with Crippen molar-refractivity contribution in [1.82, 2.24) is 0 Å². The van der Waals surface area contributed by atoms with Gasteiger partial charge in [-0.3, -0.25) is 4.79 Å². The number of anilines is 2. The number of rotatable bonds is 2. The minimum Gasteiger partial charge on any atom is -0.360 e. The van der Waals surface area contributed by atoms with Crippen molar-refractivity contribution in [3.63, 3.8) is 0 Å². The van der Waals surface area contributed by atoms with Gasteiger partial charge in [-0.1, -0.05) is 35.0 Å². The van der Waals surface area contributed by atoms with E-state index in [9.17, 15) is 4.79 Å². The highest BCUT2D eigenvalue weighted by Gasteiger charge is 2.21. The van der Waals surface area contributed by atoms with Crippen LogP contribution in [0.1, 0.15) is 0 Å². The van der Waals surface area contributed by atoms with Gasteiger partial charge in [0.1, 0.15) is 0 Å². The summed E-state index contributed by atoms with van der Waals surface area (Å²) >= 11 is 13.2. The van der Waals surface area contributed by atoms with Crippen molar-refractivity contribution in [2.75, 3.05) is 10.6 Å². The van der Waals surface area contributed by atoms with Gasteiger partial charge in [-0.2, -0.15) is 0 Å². The number of nitrogens with one attached hydrogen (secondary N) is 2. The molecule has 21 heavy (non-hydrogen) atoms. The van der Waals surface area contributed by atoms with Gasteiger partial charge in [0.05, 0.1) is 10.6 Å². The molecular formula is C15H10Cl2N2OS. The van der Waals surface area contributed by atoms with E-state index in [2.05, 4.69) is 10.6 Å². The Kier molecular flexibility index (Phi) is 4.10. The van der Waals surface area contributed by atoms with Gasteiger partial charge in [0.2, 0.25) is 0 Å². The molecule has 1 aliphatic rings. The Hall–Kier alpha value is -1.62. The minimum atomic E-state index is -0.142. The van der Waals surface area contributed by atoms with E-state index in [1.807, 2.05) is 18.2 Å².